The molecule has 11 heteroatoms. The number of rotatable bonds is 9. The van der Waals surface area contributed by atoms with Gasteiger partial charge in [-0.25, -0.2) is 8.42 Å². The van der Waals surface area contributed by atoms with Gasteiger partial charge in [-0.2, -0.15) is 21.3 Å². The van der Waals surface area contributed by atoms with Gasteiger partial charge >= 0.3 is 0 Å². The molecule has 0 bridgehead atoms. The minimum absolute atomic E-state index is 0.00530. The second-order valence-electron chi connectivity index (χ2n) is 6.50. The van der Waals surface area contributed by atoms with Crippen molar-refractivity contribution in [3.05, 3.63) is 18.2 Å². The number of nitrogens with zero attached hydrogens (tertiary/aromatic N) is 3. The molecule has 1 saturated heterocycles. The van der Waals surface area contributed by atoms with Gasteiger partial charge in [-0.1, -0.05) is 13.3 Å². The first-order valence-corrected chi connectivity index (χ1v) is 12.0. The third kappa shape index (κ3) is 4.77. The Kier molecular flexibility index (Phi) is 7.68. The number of methoxy groups -OCH3 is 2. The van der Waals surface area contributed by atoms with Gasteiger partial charge in [0, 0.05) is 45.8 Å². The van der Waals surface area contributed by atoms with E-state index < -0.39 is 20.2 Å². The summed E-state index contributed by atoms with van der Waals surface area (Å²) in [7, 11) is -3.03. The number of hydrogen-bond acceptors (Lipinski definition) is 6. The summed E-state index contributed by atoms with van der Waals surface area (Å²) >= 11 is 0. The van der Waals surface area contributed by atoms with E-state index in [1.165, 1.54) is 39.3 Å². The van der Waals surface area contributed by atoms with Gasteiger partial charge in [-0.15, -0.1) is 0 Å². The molecule has 9 nitrogen and oxygen atoms in total. The Bertz CT molecular complexity index is 865. The zero-order valence-corrected chi connectivity index (χ0v) is 18.4. The molecule has 1 aromatic rings. The monoisotopic (exact) mass is 435 g/mol. The predicted octanol–water partition coefficient (Wildman–Crippen LogP) is 0.987. The standard InChI is InChI=1S/C17H29N3O6S2/c1-5-6-9-18(2)28(23,24)20-12-10-19(11-13-20)27(21,22)17-14-15(25-3)7-8-16(17)26-4/h7-8,14H,5-6,9-13H2,1-4H3. The maximum atomic E-state index is 13.1. The first-order chi connectivity index (χ1) is 13.2. The molecule has 0 aliphatic carbocycles. The van der Waals surface area contributed by atoms with Crippen LogP contribution in [0.25, 0.3) is 0 Å². The summed E-state index contributed by atoms with van der Waals surface area (Å²) < 4.78 is 65.7. The summed E-state index contributed by atoms with van der Waals surface area (Å²) in [6.45, 7) is 2.79. The first kappa shape index (κ1) is 22.9. The minimum atomic E-state index is -3.85. The highest BCUT2D eigenvalue weighted by Gasteiger charge is 2.36. The average Bonchev–Trinajstić information content (AvgIpc) is 2.71. The molecule has 0 N–H and O–H groups in total. The summed E-state index contributed by atoms with van der Waals surface area (Å²) in [4.78, 5) is 0.00530. The summed E-state index contributed by atoms with van der Waals surface area (Å²) in [5.74, 6) is 0.619. The van der Waals surface area contributed by atoms with Crippen LogP contribution < -0.4 is 9.47 Å². The van der Waals surface area contributed by atoms with Crippen molar-refractivity contribution < 1.29 is 26.3 Å². The Morgan fingerprint density at radius 3 is 2.14 bits per heavy atom. The highest BCUT2D eigenvalue weighted by atomic mass is 32.2. The summed E-state index contributed by atoms with van der Waals surface area (Å²) in [5.41, 5.74) is 0. The zero-order valence-electron chi connectivity index (χ0n) is 16.8. The van der Waals surface area contributed by atoms with Crippen molar-refractivity contribution in [1.29, 1.82) is 0 Å². The van der Waals surface area contributed by atoms with Crippen LogP contribution in [0.1, 0.15) is 19.8 Å². The van der Waals surface area contributed by atoms with E-state index in [-0.39, 0.29) is 36.8 Å². The van der Waals surface area contributed by atoms with Crippen molar-refractivity contribution in [2.24, 2.45) is 0 Å². The lowest BCUT2D eigenvalue weighted by Gasteiger charge is -2.35. The molecule has 160 valence electrons. The summed E-state index contributed by atoms with van der Waals surface area (Å²) in [5, 5.41) is 0. The fourth-order valence-electron chi connectivity index (χ4n) is 2.96. The molecule has 1 aromatic carbocycles. The highest BCUT2D eigenvalue weighted by Crippen LogP contribution is 2.31. The molecule has 1 aliphatic heterocycles. The molecule has 0 unspecified atom stereocenters. The quantitative estimate of drug-likeness (QED) is 0.574. The molecule has 1 fully saturated rings. The van der Waals surface area contributed by atoms with E-state index in [4.69, 9.17) is 9.47 Å². The molecule has 0 radical (unpaired) electrons. The Morgan fingerprint density at radius 2 is 1.61 bits per heavy atom. The van der Waals surface area contributed by atoms with Gasteiger partial charge < -0.3 is 9.47 Å². The molecule has 2 rings (SSSR count). The molecule has 0 amide bonds. The van der Waals surface area contributed by atoms with Crippen LogP contribution in [0, 0.1) is 0 Å². The largest absolute Gasteiger partial charge is 0.497 e. The topological polar surface area (TPSA) is 96.5 Å². The van der Waals surface area contributed by atoms with Gasteiger partial charge in [0.15, 0.2) is 0 Å². The fourth-order valence-corrected chi connectivity index (χ4v) is 5.93. The number of hydrogen-bond donors (Lipinski definition) is 0. The average molecular weight is 436 g/mol. The maximum absolute atomic E-state index is 13.1. The smallest absolute Gasteiger partial charge is 0.281 e. The van der Waals surface area contributed by atoms with Crippen molar-refractivity contribution in [1.82, 2.24) is 12.9 Å². The van der Waals surface area contributed by atoms with Gasteiger partial charge in [0.1, 0.15) is 16.4 Å². The van der Waals surface area contributed by atoms with Gasteiger partial charge in [0.2, 0.25) is 10.0 Å². The maximum Gasteiger partial charge on any atom is 0.281 e. The van der Waals surface area contributed by atoms with Crippen molar-refractivity contribution in [3.63, 3.8) is 0 Å². The number of unbranched alkanes of at least 4 members (excludes halogenated alkanes) is 1. The lowest BCUT2D eigenvalue weighted by molar-refractivity contribution is 0.258. The molecule has 1 aliphatic rings. The zero-order chi connectivity index (χ0) is 20.9. The van der Waals surface area contributed by atoms with Gasteiger partial charge in [0.05, 0.1) is 14.2 Å². The van der Waals surface area contributed by atoms with Gasteiger partial charge in [-0.3, -0.25) is 0 Å². The SMILES string of the molecule is CCCCN(C)S(=O)(=O)N1CCN(S(=O)(=O)c2cc(OC)ccc2OC)CC1. The van der Waals surface area contributed by atoms with Crippen LogP contribution in [-0.2, 0) is 20.2 Å². The number of piperazine rings is 1. The van der Waals surface area contributed by atoms with Crippen LogP contribution in [-0.4, -0.2) is 83.7 Å². The molecule has 28 heavy (non-hydrogen) atoms. The Morgan fingerprint density at radius 1 is 1.00 bits per heavy atom. The van der Waals surface area contributed by atoms with Crippen molar-refractivity contribution in [2.45, 2.75) is 24.7 Å². The number of sulfonamides is 1. The van der Waals surface area contributed by atoms with E-state index >= 15 is 0 Å². The van der Waals surface area contributed by atoms with Crippen LogP contribution >= 0.6 is 0 Å². The van der Waals surface area contributed by atoms with Crippen molar-refractivity contribution >= 4 is 20.2 Å². The Labute approximate surface area is 168 Å². The molecular formula is C17H29N3O6S2. The third-order valence-corrected chi connectivity index (χ3v) is 8.64. The second-order valence-corrected chi connectivity index (χ2v) is 10.4. The Balaban J connectivity index is 2.16. The molecular weight excluding hydrogens is 406 g/mol. The summed E-state index contributed by atoms with van der Waals surface area (Å²) in [6.07, 6.45) is 1.67. The van der Waals surface area contributed by atoms with Crippen LogP contribution in [0.4, 0.5) is 0 Å². The van der Waals surface area contributed by atoms with Gasteiger partial charge in [0.25, 0.3) is 10.2 Å². The van der Waals surface area contributed by atoms with E-state index in [1.807, 2.05) is 6.92 Å². The van der Waals surface area contributed by atoms with E-state index in [9.17, 15) is 16.8 Å². The normalized spacial score (nSPS) is 17.0. The first-order valence-electron chi connectivity index (χ1n) is 9.12. The third-order valence-electron chi connectivity index (χ3n) is 4.73. The number of ether oxygens (including phenoxy) is 2. The van der Waals surface area contributed by atoms with Crippen LogP contribution in [0.15, 0.2) is 23.1 Å². The van der Waals surface area contributed by atoms with Crippen molar-refractivity contribution in [3.8, 4) is 11.5 Å². The fraction of sp³-hybridized carbons (Fsp3) is 0.647. The van der Waals surface area contributed by atoms with Crippen LogP contribution in [0.5, 0.6) is 11.5 Å². The van der Waals surface area contributed by atoms with Gasteiger partial charge in [-0.05, 0) is 18.6 Å². The highest BCUT2D eigenvalue weighted by molar-refractivity contribution is 7.89. The van der Waals surface area contributed by atoms with E-state index in [2.05, 4.69) is 0 Å². The minimum Gasteiger partial charge on any atom is -0.497 e. The molecule has 0 spiro atoms. The molecule has 1 heterocycles. The van der Waals surface area contributed by atoms with E-state index in [0.29, 0.717) is 12.3 Å². The molecule has 0 atom stereocenters. The molecule has 0 saturated carbocycles. The van der Waals surface area contributed by atoms with Crippen LogP contribution in [0.2, 0.25) is 0 Å². The second kappa shape index (κ2) is 9.40. The number of benzene rings is 1. The lowest BCUT2D eigenvalue weighted by atomic mass is 10.3. The lowest BCUT2D eigenvalue weighted by Crippen LogP contribution is -2.53. The predicted molar refractivity (Wildman–Crippen MR) is 106 cm³/mol. The van der Waals surface area contributed by atoms with Crippen molar-refractivity contribution in [2.75, 3.05) is 54.0 Å². The van der Waals surface area contributed by atoms with E-state index in [1.54, 1.807) is 13.1 Å². The molecule has 0 aromatic heterocycles. The van der Waals surface area contributed by atoms with Crippen LogP contribution in [0.3, 0.4) is 0 Å². The van der Waals surface area contributed by atoms with E-state index in [0.717, 1.165) is 12.8 Å². The Hall–Kier alpha value is -1.40. The summed E-state index contributed by atoms with van der Waals surface area (Å²) in [6, 6.07) is 4.57.